The fourth-order valence-electron chi connectivity index (χ4n) is 8.85. The lowest BCUT2D eigenvalue weighted by Gasteiger charge is -2.18. The van der Waals surface area contributed by atoms with Crippen LogP contribution in [0.4, 0.5) is 0 Å². The summed E-state index contributed by atoms with van der Waals surface area (Å²) in [5.41, 5.74) is 9.71. The zero-order valence-corrected chi connectivity index (χ0v) is 31.0. The van der Waals surface area contributed by atoms with Gasteiger partial charge in [0.05, 0.1) is 0 Å². The molecular formula is C51H31N3OS. The SMILES string of the molecule is C1=Cc2c(c3ccccc3c3ccc(-c4ccc5sc6cccc(-c7nc(-c8ccccc8)nc(-c8cccc9oc%10ccccc%10c89)n7)c6c5c4)cc23)CC1. The van der Waals surface area contributed by atoms with Crippen molar-refractivity contribution < 1.29 is 4.42 Å². The Morgan fingerprint density at radius 3 is 1.96 bits per heavy atom. The minimum Gasteiger partial charge on any atom is -0.456 e. The third-order valence-corrected chi connectivity index (χ3v) is 12.5. The van der Waals surface area contributed by atoms with E-state index in [1.165, 1.54) is 58.6 Å². The molecule has 0 N–H and O–H groups in total. The second kappa shape index (κ2) is 12.3. The van der Waals surface area contributed by atoms with E-state index in [1.54, 1.807) is 0 Å². The Morgan fingerprint density at radius 2 is 1.11 bits per heavy atom. The van der Waals surface area contributed by atoms with Crippen molar-refractivity contribution in [2.24, 2.45) is 0 Å². The fraction of sp³-hybridized carbons (Fsp3) is 0.0392. The summed E-state index contributed by atoms with van der Waals surface area (Å²) in [6.07, 6.45) is 6.81. The lowest BCUT2D eigenvalue weighted by Crippen LogP contribution is -2.00. The van der Waals surface area contributed by atoms with Crippen LogP contribution >= 0.6 is 11.3 Å². The highest BCUT2D eigenvalue weighted by molar-refractivity contribution is 7.26. The van der Waals surface area contributed by atoms with Gasteiger partial charge in [-0.3, -0.25) is 0 Å². The van der Waals surface area contributed by atoms with Gasteiger partial charge in [0.1, 0.15) is 11.2 Å². The highest BCUT2D eigenvalue weighted by Crippen LogP contribution is 2.44. The van der Waals surface area contributed by atoms with Gasteiger partial charge in [-0.15, -0.1) is 11.3 Å². The summed E-state index contributed by atoms with van der Waals surface area (Å²) in [6, 6.07) is 53.7. The first-order valence-electron chi connectivity index (χ1n) is 19.1. The van der Waals surface area contributed by atoms with Crippen molar-refractivity contribution in [2.75, 3.05) is 0 Å². The molecule has 0 saturated carbocycles. The number of rotatable bonds is 4. The average molecular weight is 734 g/mol. The van der Waals surface area contributed by atoms with Crippen LogP contribution in [-0.2, 0) is 6.42 Å². The van der Waals surface area contributed by atoms with E-state index in [2.05, 4.69) is 115 Å². The first-order valence-corrected chi connectivity index (χ1v) is 19.9. The Morgan fingerprint density at radius 1 is 0.446 bits per heavy atom. The van der Waals surface area contributed by atoms with E-state index in [9.17, 15) is 0 Å². The van der Waals surface area contributed by atoms with Crippen molar-refractivity contribution in [3.63, 3.8) is 0 Å². The number of benzene rings is 8. The van der Waals surface area contributed by atoms with Crippen molar-refractivity contribution >= 4 is 81.1 Å². The normalized spacial score (nSPS) is 12.8. The molecule has 262 valence electrons. The average Bonchev–Trinajstić information content (AvgIpc) is 3.85. The predicted molar refractivity (Wildman–Crippen MR) is 234 cm³/mol. The molecular weight excluding hydrogens is 703 g/mol. The number of para-hydroxylation sites is 1. The maximum absolute atomic E-state index is 6.28. The van der Waals surface area contributed by atoms with Gasteiger partial charge in [-0.1, -0.05) is 127 Å². The van der Waals surface area contributed by atoms with Gasteiger partial charge in [-0.05, 0) is 93.0 Å². The lowest BCUT2D eigenvalue weighted by molar-refractivity contribution is 0.669. The number of thiophene rings is 1. The number of aromatic nitrogens is 3. The Balaban J connectivity index is 1.07. The molecule has 1 aliphatic rings. The Hall–Kier alpha value is -6.95. The molecule has 0 saturated heterocycles. The van der Waals surface area contributed by atoms with Gasteiger partial charge in [-0.25, -0.2) is 15.0 Å². The Labute approximate surface area is 326 Å². The van der Waals surface area contributed by atoms with Gasteiger partial charge in [-0.2, -0.15) is 0 Å². The van der Waals surface area contributed by atoms with Gasteiger partial charge in [0.15, 0.2) is 17.5 Å². The van der Waals surface area contributed by atoms with Crippen molar-refractivity contribution in [3.8, 4) is 45.3 Å². The fourth-order valence-corrected chi connectivity index (χ4v) is 9.96. The van der Waals surface area contributed by atoms with E-state index in [0.29, 0.717) is 17.5 Å². The molecule has 0 atom stereocenters. The van der Waals surface area contributed by atoms with Crippen LogP contribution in [0.1, 0.15) is 17.5 Å². The third-order valence-electron chi connectivity index (χ3n) is 11.4. The van der Waals surface area contributed by atoms with Crippen LogP contribution < -0.4 is 0 Å². The molecule has 0 amide bonds. The minimum atomic E-state index is 0.615. The number of allylic oxidation sites excluding steroid dienone is 1. The second-order valence-corrected chi connectivity index (χ2v) is 15.7. The van der Waals surface area contributed by atoms with E-state index >= 15 is 0 Å². The van der Waals surface area contributed by atoms with Gasteiger partial charge < -0.3 is 4.42 Å². The number of hydrogen-bond acceptors (Lipinski definition) is 5. The molecule has 0 fully saturated rings. The highest BCUT2D eigenvalue weighted by atomic mass is 32.1. The molecule has 11 aromatic rings. The van der Waals surface area contributed by atoms with E-state index in [-0.39, 0.29) is 0 Å². The van der Waals surface area contributed by atoms with Crippen LogP contribution in [0, 0.1) is 0 Å². The monoisotopic (exact) mass is 733 g/mol. The number of hydrogen-bond donors (Lipinski definition) is 0. The van der Waals surface area contributed by atoms with Crippen molar-refractivity contribution in [3.05, 3.63) is 169 Å². The molecule has 0 spiro atoms. The van der Waals surface area contributed by atoms with Gasteiger partial charge in [0.25, 0.3) is 0 Å². The quantitative estimate of drug-likeness (QED) is 0.169. The van der Waals surface area contributed by atoms with Crippen molar-refractivity contribution in [2.45, 2.75) is 12.8 Å². The predicted octanol–water partition coefficient (Wildman–Crippen LogP) is 14.1. The molecule has 4 nitrogen and oxygen atoms in total. The molecule has 1 aliphatic carbocycles. The van der Waals surface area contributed by atoms with E-state index in [4.69, 9.17) is 19.4 Å². The van der Waals surface area contributed by atoms with Crippen LogP contribution in [0.15, 0.2) is 162 Å². The highest BCUT2D eigenvalue weighted by Gasteiger charge is 2.21. The van der Waals surface area contributed by atoms with E-state index < -0.39 is 0 Å². The minimum absolute atomic E-state index is 0.615. The van der Waals surface area contributed by atoms with Crippen LogP contribution in [0.25, 0.3) is 115 Å². The molecule has 0 radical (unpaired) electrons. The zero-order valence-electron chi connectivity index (χ0n) is 30.2. The molecule has 0 bridgehead atoms. The Bertz CT molecular complexity index is 3430. The summed E-state index contributed by atoms with van der Waals surface area (Å²) in [7, 11) is 0. The van der Waals surface area contributed by atoms with Crippen molar-refractivity contribution in [1.82, 2.24) is 15.0 Å². The van der Waals surface area contributed by atoms with E-state index in [0.717, 1.165) is 56.9 Å². The molecule has 0 aliphatic heterocycles. The van der Waals surface area contributed by atoms with Crippen LogP contribution in [0.2, 0.25) is 0 Å². The smallest absolute Gasteiger partial charge is 0.164 e. The summed E-state index contributed by atoms with van der Waals surface area (Å²) in [6.45, 7) is 0. The molecule has 8 aromatic carbocycles. The summed E-state index contributed by atoms with van der Waals surface area (Å²) in [4.78, 5) is 15.6. The summed E-state index contributed by atoms with van der Waals surface area (Å²) >= 11 is 1.81. The molecule has 5 heteroatoms. The van der Waals surface area contributed by atoms with Crippen LogP contribution in [0.5, 0.6) is 0 Å². The Kier molecular flexibility index (Phi) is 6.89. The molecule has 56 heavy (non-hydrogen) atoms. The summed E-state index contributed by atoms with van der Waals surface area (Å²) < 4.78 is 8.72. The lowest BCUT2D eigenvalue weighted by atomic mass is 9.85. The standard InChI is InChI=1S/C51H31N3OS/c1-2-12-30(13-3-1)49-52-50(39-19-10-22-44-47(39)38-18-8-9-21-43(38)55-44)54-51(53-49)40-20-11-23-46-48(40)42-29-32(25-27-45(42)56-46)31-24-26-37-35-16-5-4-14-33(35)34-15-6-7-17-36(34)41(37)28-31/h1-5,7-14,16-29H,6,15H2. The number of fused-ring (bicyclic) bond motifs is 12. The summed E-state index contributed by atoms with van der Waals surface area (Å²) in [5.74, 6) is 1.89. The number of nitrogens with zero attached hydrogens (tertiary/aromatic N) is 3. The number of furan rings is 1. The van der Waals surface area contributed by atoms with Crippen molar-refractivity contribution in [1.29, 1.82) is 0 Å². The van der Waals surface area contributed by atoms with E-state index in [1.807, 2.05) is 59.9 Å². The van der Waals surface area contributed by atoms with Gasteiger partial charge in [0, 0.05) is 47.6 Å². The van der Waals surface area contributed by atoms with Crippen LogP contribution in [0.3, 0.4) is 0 Å². The second-order valence-electron chi connectivity index (χ2n) is 14.6. The topological polar surface area (TPSA) is 51.8 Å². The first-order chi connectivity index (χ1) is 27.7. The third kappa shape index (κ3) is 4.81. The van der Waals surface area contributed by atoms with Gasteiger partial charge >= 0.3 is 0 Å². The molecule has 3 heterocycles. The number of aryl methyl sites for hydroxylation is 1. The largest absolute Gasteiger partial charge is 0.456 e. The van der Waals surface area contributed by atoms with Crippen LogP contribution in [-0.4, -0.2) is 15.0 Å². The zero-order chi connectivity index (χ0) is 36.7. The molecule has 12 rings (SSSR count). The maximum atomic E-state index is 6.28. The first kappa shape index (κ1) is 31.4. The maximum Gasteiger partial charge on any atom is 0.164 e. The molecule has 3 aromatic heterocycles. The summed E-state index contributed by atoms with van der Waals surface area (Å²) in [5, 5.41) is 9.72. The molecule has 0 unspecified atom stereocenters. The van der Waals surface area contributed by atoms with Gasteiger partial charge in [0.2, 0.25) is 0 Å².